The lowest BCUT2D eigenvalue weighted by Gasteiger charge is -2.25. The van der Waals surface area contributed by atoms with Crippen molar-refractivity contribution < 1.29 is 33.0 Å². The number of ether oxygens (including phenoxy) is 2. The van der Waals surface area contributed by atoms with E-state index in [1.165, 1.54) is 19.3 Å². The van der Waals surface area contributed by atoms with Crippen molar-refractivity contribution >= 4 is 52.8 Å². The minimum Gasteiger partial charge on any atom is -0.468 e. The van der Waals surface area contributed by atoms with Gasteiger partial charge in [-0.1, -0.05) is 24.3 Å². The van der Waals surface area contributed by atoms with E-state index in [0.717, 1.165) is 24.8 Å². The molecule has 1 unspecified atom stereocenters. The van der Waals surface area contributed by atoms with Gasteiger partial charge in [0.2, 0.25) is 5.91 Å². The summed E-state index contributed by atoms with van der Waals surface area (Å²) in [4.78, 5) is 51.1. The molecule has 1 aromatic rings. The Morgan fingerprint density at radius 3 is 2.45 bits per heavy atom. The van der Waals surface area contributed by atoms with E-state index in [2.05, 4.69) is 6.58 Å². The summed E-state index contributed by atoms with van der Waals surface area (Å²) in [5.41, 5.74) is -0.0482. The SMILES string of the molecule is C=CCOC(=O)C1=C(C(=O)N(C(C)=O)c2cc(SC(C)C(=O)OC)c(Cl)cc2F)CCCC1. The van der Waals surface area contributed by atoms with Crippen LogP contribution in [0.2, 0.25) is 5.02 Å². The number of hydrogen-bond donors (Lipinski definition) is 0. The molecule has 1 aliphatic rings. The number of carbonyl (C=O) groups is 4. The van der Waals surface area contributed by atoms with Crippen molar-refractivity contribution in [1.82, 2.24) is 0 Å². The van der Waals surface area contributed by atoms with E-state index in [-0.39, 0.29) is 39.8 Å². The summed E-state index contributed by atoms with van der Waals surface area (Å²) in [7, 11) is 1.24. The van der Waals surface area contributed by atoms with Crippen molar-refractivity contribution in [3.8, 4) is 0 Å². The van der Waals surface area contributed by atoms with Gasteiger partial charge in [-0.05, 0) is 44.7 Å². The first-order valence-corrected chi connectivity index (χ1v) is 11.5. The molecular weight excluding hydrogens is 473 g/mol. The quantitative estimate of drug-likeness (QED) is 0.294. The molecule has 0 spiro atoms. The number of nitrogens with zero attached hydrogens (tertiary/aromatic N) is 1. The second kappa shape index (κ2) is 12.0. The van der Waals surface area contributed by atoms with Gasteiger partial charge in [-0.2, -0.15) is 0 Å². The molecule has 0 radical (unpaired) electrons. The minimum atomic E-state index is -0.897. The lowest BCUT2D eigenvalue weighted by Crippen LogP contribution is -2.38. The number of methoxy groups -OCH3 is 1. The normalized spacial score (nSPS) is 14.3. The average molecular weight is 498 g/mol. The zero-order chi connectivity index (χ0) is 24.7. The van der Waals surface area contributed by atoms with Crippen LogP contribution in [0.15, 0.2) is 40.8 Å². The van der Waals surface area contributed by atoms with Crippen LogP contribution in [0.5, 0.6) is 0 Å². The molecule has 0 heterocycles. The predicted molar refractivity (Wildman–Crippen MR) is 124 cm³/mol. The largest absolute Gasteiger partial charge is 0.468 e. The highest BCUT2D eigenvalue weighted by Crippen LogP contribution is 2.37. The van der Waals surface area contributed by atoms with Crippen LogP contribution in [0.4, 0.5) is 10.1 Å². The second-order valence-corrected chi connectivity index (χ2v) is 9.02. The first-order valence-electron chi connectivity index (χ1n) is 10.2. The van der Waals surface area contributed by atoms with E-state index in [9.17, 15) is 23.6 Å². The Kier molecular flexibility index (Phi) is 9.67. The van der Waals surface area contributed by atoms with Gasteiger partial charge in [0.1, 0.15) is 17.7 Å². The van der Waals surface area contributed by atoms with E-state index in [4.69, 9.17) is 21.1 Å². The van der Waals surface area contributed by atoms with Gasteiger partial charge in [-0.3, -0.25) is 14.4 Å². The fourth-order valence-corrected chi connectivity index (χ4v) is 4.54. The molecule has 0 saturated carbocycles. The summed E-state index contributed by atoms with van der Waals surface area (Å²) in [6.45, 7) is 6.17. The van der Waals surface area contributed by atoms with Gasteiger partial charge in [-0.25, -0.2) is 14.1 Å². The molecule has 7 nitrogen and oxygen atoms in total. The van der Waals surface area contributed by atoms with Crippen LogP contribution in [0.25, 0.3) is 0 Å². The first-order chi connectivity index (χ1) is 15.6. The molecule has 0 bridgehead atoms. The molecule has 1 atom stereocenters. The molecule has 2 amide bonds. The number of benzene rings is 1. The van der Waals surface area contributed by atoms with Crippen LogP contribution in [0, 0.1) is 5.82 Å². The van der Waals surface area contributed by atoms with Crippen LogP contribution in [-0.4, -0.2) is 42.7 Å². The number of anilines is 1. The molecule has 0 fully saturated rings. The van der Waals surface area contributed by atoms with Crippen molar-refractivity contribution in [2.24, 2.45) is 0 Å². The van der Waals surface area contributed by atoms with Crippen LogP contribution in [-0.2, 0) is 28.7 Å². The Hall–Kier alpha value is -2.65. The lowest BCUT2D eigenvalue weighted by molar-refractivity contribution is -0.140. The second-order valence-electron chi connectivity index (χ2n) is 7.23. The van der Waals surface area contributed by atoms with Crippen molar-refractivity contribution in [1.29, 1.82) is 0 Å². The summed E-state index contributed by atoms with van der Waals surface area (Å²) in [6, 6.07) is 2.21. The number of thioether (sulfide) groups is 1. The summed E-state index contributed by atoms with van der Waals surface area (Å²) < 4.78 is 24.7. The van der Waals surface area contributed by atoms with Crippen LogP contribution >= 0.6 is 23.4 Å². The van der Waals surface area contributed by atoms with Crippen molar-refractivity contribution in [2.45, 2.75) is 49.7 Å². The number of rotatable bonds is 8. The van der Waals surface area contributed by atoms with Gasteiger partial charge in [0.05, 0.1) is 17.8 Å². The topological polar surface area (TPSA) is 90.0 Å². The zero-order valence-corrected chi connectivity index (χ0v) is 20.2. The lowest BCUT2D eigenvalue weighted by atomic mass is 9.90. The standard InChI is InChI=1S/C23H25ClFNO6S/c1-5-10-32-23(30)16-9-7-6-8-15(16)21(28)26(14(3)27)19-12-20(17(24)11-18(19)25)33-13(2)22(29)31-4/h5,11-13H,1,6-10H2,2-4H3. The third-order valence-corrected chi connectivity index (χ3v) is 6.46. The fourth-order valence-electron chi connectivity index (χ4n) is 3.33. The Morgan fingerprint density at radius 1 is 1.24 bits per heavy atom. The van der Waals surface area contributed by atoms with Crippen molar-refractivity contribution in [3.05, 3.63) is 46.8 Å². The van der Waals surface area contributed by atoms with Gasteiger partial charge in [0.25, 0.3) is 5.91 Å². The smallest absolute Gasteiger partial charge is 0.334 e. The van der Waals surface area contributed by atoms with Crippen molar-refractivity contribution in [2.75, 3.05) is 18.6 Å². The Balaban J connectivity index is 2.51. The van der Waals surface area contributed by atoms with Crippen LogP contribution in [0.3, 0.4) is 0 Å². The van der Waals surface area contributed by atoms with E-state index in [1.54, 1.807) is 6.92 Å². The third kappa shape index (κ3) is 6.45. The van der Waals surface area contributed by atoms with Gasteiger partial charge >= 0.3 is 11.9 Å². The van der Waals surface area contributed by atoms with Crippen LogP contribution in [0.1, 0.15) is 39.5 Å². The monoisotopic (exact) mass is 497 g/mol. The van der Waals surface area contributed by atoms with Crippen LogP contribution < -0.4 is 4.90 Å². The summed E-state index contributed by atoms with van der Waals surface area (Å²) in [6.07, 6.45) is 3.27. The number of halogens is 2. The van der Waals surface area contributed by atoms with E-state index in [0.29, 0.717) is 24.2 Å². The number of esters is 2. The van der Waals surface area contributed by atoms with E-state index in [1.807, 2.05) is 0 Å². The Labute approximate surface area is 200 Å². The molecular formula is C23H25ClFNO6S. The highest BCUT2D eigenvalue weighted by Gasteiger charge is 2.32. The summed E-state index contributed by atoms with van der Waals surface area (Å²) in [5.74, 6) is -3.62. The molecule has 33 heavy (non-hydrogen) atoms. The number of amides is 2. The number of hydrogen-bond acceptors (Lipinski definition) is 7. The molecule has 178 valence electrons. The van der Waals surface area contributed by atoms with Gasteiger partial charge in [0.15, 0.2) is 0 Å². The number of carbonyl (C=O) groups excluding carboxylic acids is 4. The first kappa shape index (κ1) is 26.6. The van der Waals surface area contributed by atoms with E-state index < -0.39 is 34.8 Å². The van der Waals surface area contributed by atoms with E-state index >= 15 is 0 Å². The molecule has 0 aromatic heterocycles. The zero-order valence-electron chi connectivity index (χ0n) is 18.6. The summed E-state index contributed by atoms with van der Waals surface area (Å²) in [5, 5.41) is -0.655. The highest BCUT2D eigenvalue weighted by molar-refractivity contribution is 8.00. The number of imide groups is 1. The maximum atomic E-state index is 14.9. The molecule has 0 N–H and O–H groups in total. The maximum absolute atomic E-state index is 14.9. The molecule has 2 rings (SSSR count). The molecule has 0 saturated heterocycles. The van der Waals surface area contributed by atoms with Gasteiger partial charge in [0, 0.05) is 23.0 Å². The predicted octanol–water partition coefficient (Wildman–Crippen LogP) is 4.61. The Morgan fingerprint density at radius 2 is 1.88 bits per heavy atom. The molecule has 10 heteroatoms. The highest BCUT2D eigenvalue weighted by atomic mass is 35.5. The fraction of sp³-hybridized carbons (Fsp3) is 0.391. The molecule has 1 aliphatic carbocycles. The Bertz CT molecular complexity index is 1010. The molecule has 1 aromatic carbocycles. The molecule has 0 aliphatic heterocycles. The maximum Gasteiger partial charge on any atom is 0.334 e. The van der Waals surface area contributed by atoms with Gasteiger partial charge < -0.3 is 9.47 Å². The summed E-state index contributed by atoms with van der Waals surface area (Å²) >= 11 is 7.14. The average Bonchev–Trinajstić information content (AvgIpc) is 2.79. The van der Waals surface area contributed by atoms with Crippen molar-refractivity contribution in [3.63, 3.8) is 0 Å². The van der Waals surface area contributed by atoms with Gasteiger partial charge in [-0.15, -0.1) is 11.8 Å². The third-order valence-electron chi connectivity index (χ3n) is 4.90. The minimum absolute atomic E-state index is 0.0125.